The fourth-order valence-corrected chi connectivity index (χ4v) is 4.79. The van der Waals surface area contributed by atoms with Crippen LogP contribution in [0.2, 0.25) is 0 Å². The highest BCUT2D eigenvalue weighted by Crippen LogP contribution is 2.32. The molecule has 0 aliphatic heterocycles. The molecule has 1 heterocycles. The molecule has 10 nitrogen and oxygen atoms in total. The van der Waals surface area contributed by atoms with Gasteiger partial charge < -0.3 is 19.5 Å². The molecule has 180 valence electrons. The molecule has 2 N–H and O–H groups in total. The van der Waals surface area contributed by atoms with Crippen molar-refractivity contribution in [1.29, 1.82) is 0 Å². The highest BCUT2D eigenvalue weighted by Gasteiger charge is 2.22. The molecule has 2 aromatic rings. The van der Waals surface area contributed by atoms with Gasteiger partial charge in [-0.05, 0) is 50.6 Å². The van der Waals surface area contributed by atoms with E-state index in [9.17, 15) is 22.8 Å². The van der Waals surface area contributed by atoms with Crippen LogP contribution < -0.4 is 14.8 Å². The molecule has 0 saturated heterocycles. The lowest BCUT2D eigenvalue weighted by Crippen LogP contribution is -2.28. The van der Waals surface area contributed by atoms with Gasteiger partial charge in [0.2, 0.25) is 10.0 Å². The van der Waals surface area contributed by atoms with E-state index < -0.39 is 34.5 Å². The minimum absolute atomic E-state index is 0.0293. The zero-order chi connectivity index (χ0) is 24.6. The van der Waals surface area contributed by atoms with E-state index in [4.69, 9.17) is 14.2 Å². The Morgan fingerprint density at radius 1 is 1.09 bits per heavy atom. The number of esters is 2. The summed E-state index contributed by atoms with van der Waals surface area (Å²) in [6, 6.07) is 5.86. The summed E-state index contributed by atoms with van der Waals surface area (Å²) in [6.45, 7) is 5.04. The van der Waals surface area contributed by atoms with E-state index in [2.05, 4.69) is 10.0 Å². The topological polar surface area (TPSA) is 137 Å². The molecular weight excluding hydrogens is 472 g/mol. The Kier molecular flexibility index (Phi) is 9.38. The Labute approximate surface area is 196 Å². The van der Waals surface area contributed by atoms with Crippen LogP contribution in [0.25, 0.3) is 0 Å². The van der Waals surface area contributed by atoms with Gasteiger partial charge in [0.25, 0.3) is 5.91 Å². The number of hydrogen-bond acceptors (Lipinski definition) is 9. The van der Waals surface area contributed by atoms with E-state index in [-0.39, 0.29) is 23.4 Å². The standard InChI is InChI=1S/C21H26N2O8S2/c1-5-30-15-6-8-16(9-7-15)33(27,28)22-11-10-18(25)31-12-17(24)23-20-19(21(26)29-4)13(2)14(3)32-20/h6-9,22H,5,10-12H2,1-4H3,(H,23,24). The number of thiophene rings is 1. The molecule has 33 heavy (non-hydrogen) atoms. The van der Waals surface area contributed by atoms with Crippen molar-refractivity contribution in [2.75, 3.05) is 32.2 Å². The minimum Gasteiger partial charge on any atom is -0.494 e. The monoisotopic (exact) mass is 498 g/mol. The summed E-state index contributed by atoms with van der Waals surface area (Å²) in [5, 5.41) is 2.84. The highest BCUT2D eigenvalue weighted by atomic mass is 32.2. The first-order valence-corrected chi connectivity index (χ1v) is 12.2. The molecule has 1 amide bonds. The Bertz CT molecular complexity index is 1110. The first-order chi connectivity index (χ1) is 15.6. The van der Waals surface area contributed by atoms with Crippen LogP contribution >= 0.6 is 11.3 Å². The summed E-state index contributed by atoms with van der Waals surface area (Å²) in [5.74, 6) is -1.43. The van der Waals surface area contributed by atoms with Crippen molar-refractivity contribution in [3.63, 3.8) is 0 Å². The molecular formula is C21H26N2O8S2. The normalized spacial score (nSPS) is 11.0. The number of carbonyl (C=O) groups excluding carboxylic acids is 3. The predicted octanol–water partition coefficient (Wildman–Crippen LogP) is 2.40. The molecule has 0 atom stereocenters. The van der Waals surface area contributed by atoms with Gasteiger partial charge in [0.1, 0.15) is 10.8 Å². The average Bonchev–Trinajstić information content (AvgIpc) is 3.05. The summed E-state index contributed by atoms with van der Waals surface area (Å²) in [5.41, 5.74) is 0.947. The van der Waals surface area contributed by atoms with Crippen LogP contribution in [0.4, 0.5) is 5.00 Å². The number of rotatable bonds is 11. The number of amides is 1. The summed E-state index contributed by atoms with van der Waals surface area (Å²) in [7, 11) is -2.57. The van der Waals surface area contributed by atoms with Gasteiger partial charge in [-0.3, -0.25) is 9.59 Å². The third-order valence-corrected chi connectivity index (χ3v) is 7.06. The molecule has 0 aliphatic rings. The van der Waals surface area contributed by atoms with Gasteiger partial charge in [-0.2, -0.15) is 0 Å². The lowest BCUT2D eigenvalue weighted by molar-refractivity contribution is -0.147. The number of benzene rings is 1. The van der Waals surface area contributed by atoms with Crippen LogP contribution in [0.1, 0.15) is 34.1 Å². The van der Waals surface area contributed by atoms with Crippen LogP contribution in [-0.2, 0) is 29.1 Å². The number of nitrogens with one attached hydrogen (secondary N) is 2. The molecule has 0 bridgehead atoms. The van der Waals surface area contributed by atoms with Crippen LogP contribution in [0.3, 0.4) is 0 Å². The lowest BCUT2D eigenvalue weighted by atomic mass is 10.1. The van der Waals surface area contributed by atoms with Crippen LogP contribution in [0.5, 0.6) is 5.75 Å². The van der Waals surface area contributed by atoms with Gasteiger partial charge in [-0.15, -0.1) is 11.3 Å². The zero-order valence-corrected chi connectivity index (χ0v) is 20.4. The van der Waals surface area contributed by atoms with Crippen LogP contribution in [-0.4, -0.2) is 53.1 Å². The number of sulfonamides is 1. The molecule has 0 fully saturated rings. The average molecular weight is 499 g/mol. The highest BCUT2D eigenvalue weighted by molar-refractivity contribution is 7.89. The lowest BCUT2D eigenvalue weighted by Gasteiger charge is -2.09. The van der Waals surface area contributed by atoms with Crippen molar-refractivity contribution >= 4 is 44.2 Å². The van der Waals surface area contributed by atoms with E-state index in [1.54, 1.807) is 13.8 Å². The van der Waals surface area contributed by atoms with Crippen molar-refractivity contribution in [3.8, 4) is 5.75 Å². The predicted molar refractivity (Wildman–Crippen MR) is 122 cm³/mol. The Balaban J connectivity index is 1.82. The van der Waals surface area contributed by atoms with E-state index in [1.165, 1.54) is 42.7 Å². The van der Waals surface area contributed by atoms with E-state index in [0.29, 0.717) is 22.9 Å². The van der Waals surface area contributed by atoms with Gasteiger partial charge in [-0.25, -0.2) is 17.9 Å². The van der Waals surface area contributed by atoms with Gasteiger partial charge in [0, 0.05) is 11.4 Å². The minimum atomic E-state index is -3.81. The van der Waals surface area contributed by atoms with Crippen LogP contribution in [0, 0.1) is 13.8 Å². The summed E-state index contributed by atoms with van der Waals surface area (Å²) < 4.78 is 41.8. The van der Waals surface area contributed by atoms with E-state index >= 15 is 0 Å². The van der Waals surface area contributed by atoms with Crippen molar-refractivity contribution in [2.24, 2.45) is 0 Å². The molecule has 0 aliphatic carbocycles. The third-order valence-electron chi connectivity index (χ3n) is 4.46. The first kappa shape index (κ1) is 26.3. The number of ether oxygens (including phenoxy) is 3. The van der Waals surface area contributed by atoms with Crippen molar-refractivity contribution in [2.45, 2.75) is 32.1 Å². The summed E-state index contributed by atoms with van der Waals surface area (Å²) >= 11 is 1.21. The molecule has 1 aromatic heterocycles. The maximum Gasteiger partial charge on any atom is 0.341 e. The number of anilines is 1. The van der Waals surface area contributed by atoms with E-state index in [1.807, 2.05) is 6.92 Å². The third kappa shape index (κ3) is 7.27. The van der Waals surface area contributed by atoms with Gasteiger partial charge >= 0.3 is 11.9 Å². The van der Waals surface area contributed by atoms with Gasteiger partial charge in [0.05, 0.1) is 30.6 Å². The second-order valence-corrected chi connectivity index (χ2v) is 9.73. The van der Waals surface area contributed by atoms with Crippen molar-refractivity contribution < 1.29 is 37.0 Å². The van der Waals surface area contributed by atoms with E-state index in [0.717, 1.165) is 4.88 Å². The largest absolute Gasteiger partial charge is 0.494 e. The summed E-state index contributed by atoms with van der Waals surface area (Å²) in [4.78, 5) is 36.8. The second kappa shape index (κ2) is 11.8. The summed E-state index contributed by atoms with van der Waals surface area (Å²) in [6.07, 6.45) is -0.270. The van der Waals surface area contributed by atoms with Gasteiger partial charge in [0.15, 0.2) is 6.61 Å². The molecule has 12 heteroatoms. The first-order valence-electron chi connectivity index (χ1n) is 9.95. The Morgan fingerprint density at radius 3 is 2.36 bits per heavy atom. The SMILES string of the molecule is CCOc1ccc(S(=O)(=O)NCCC(=O)OCC(=O)Nc2sc(C)c(C)c2C(=O)OC)cc1. The van der Waals surface area contributed by atoms with Crippen LogP contribution in [0.15, 0.2) is 29.2 Å². The molecule has 0 saturated carbocycles. The zero-order valence-electron chi connectivity index (χ0n) is 18.7. The number of methoxy groups -OCH3 is 1. The number of hydrogen-bond donors (Lipinski definition) is 2. The molecule has 2 rings (SSSR count). The quantitative estimate of drug-likeness (QED) is 0.451. The fraction of sp³-hybridized carbons (Fsp3) is 0.381. The molecule has 0 unspecified atom stereocenters. The van der Waals surface area contributed by atoms with Gasteiger partial charge in [-0.1, -0.05) is 0 Å². The maximum absolute atomic E-state index is 12.3. The fourth-order valence-electron chi connectivity index (χ4n) is 2.70. The van der Waals surface area contributed by atoms with Crippen molar-refractivity contribution in [3.05, 3.63) is 40.3 Å². The molecule has 1 aromatic carbocycles. The van der Waals surface area contributed by atoms with Crippen molar-refractivity contribution in [1.82, 2.24) is 4.72 Å². The Morgan fingerprint density at radius 2 is 1.76 bits per heavy atom. The maximum atomic E-state index is 12.3. The number of carbonyl (C=O) groups is 3. The molecule has 0 spiro atoms. The Hall–Kier alpha value is -2.96. The smallest absolute Gasteiger partial charge is 0.341 e. The second-order valence-electron chi connectivity index (χ2n) is 6.74. The number of aryl methyl sites for hydroxylation is 1. The molecule has 0 radical (unpaired) electrons.